The normalized spacial score (nSPS) is 41.5. The van der Waals surface area contributed by atoms with Crippen LogP contribution in [0.2, 0.25) is 0 Å². The molecule has 0 spiro atoms. The first-order valence-corrected chi connectivity index (χ1v) is 7.49. The summed E-state index contributed by atoms with van der Waals surface area (Å²) in [5, 5.41) is 10.3. The van der Waals surface area contributed by atoms with E-state index in [1.54, 1.807) is 12.2 Å². The number of benzene rings is 1. The van der Waals surface area contributed by atoms with E-state index < -0.39 is 23.6 Å². The highest BCUT2D eigenvalue weighted by atomic mass is 16.7. The molecule has 4 nitrogen and oxygen atoms in total. The minimum atomic E-state index is -0.869. The number of aliphatic hydroxyl groups is 1. The van der Waals surface area contributed by atoms with Gasteiger partial charge in [-0.2, -0.15) is 0 Å². The highest BCUT2D eigenvalue weighted by molar-refractivity contribution is 5.20. The molecule has 0 unspecified atom stereocenters. The van der Waals surface area contributed by atoms with Crippen LogP contribution in [-0.2, 0) is 14.2 Å². The molecule has 0 saturated carbocycles. The van der Waals surface area contributed by atoms with Crippen LogP contribution in [-0.4, -0.2) is 35.1 Å². The predicted octanol–water partition coefficient (Wildman–Crippen LogP) is 2.75. The lowest BCUT2D eigenvalue weighted by molar-refractivity contribution is -0.306. The summed E-state index contributed by atoms with van der Waals surface area (Å²) in [6, 6.07) is 9.80. The summed E-state index contributed by atoms with van der Waals surface area (Å²) < 4.78 is 18.1. The van der Waals surface area contributed by atoms with Gasteiger partial charge in [-0.05, 0) is 13.8 Å². The molecule has 2 aliphatic heterocycles. The Morgan fingerprint density at radius 1 is 1.23 bits per heavy atom. The minimum absolute atomic E-state index is 0.303. The lowest BCUT2D eigenvalue weighted by atomic mass is 9.97. The minimum Gasteiger partial charge on any atom is -0.386 e. The van der Waals surface area contributed by atoms with Gasteiger partial charge < -0.3 is 19.3 Å². The monoisotopic (exact) mass is 302 g/mol. The first-order valence-electron chi connectivity index (χ1n) is 7.49. The molecule has 0 amide bonds. The van der Waals surface area contributed by atoms with Gasteiger partial charge in [0.1, 0.15) is 23.4 Å². The van der Waals surface area contributed by atoms with Crippen LogP contribution >= 0.6 is 0 Å². The summed E-state index contributed by atoms with van der Waals surface area (Å²) in [4.78, 5) is 0. The zero-order valence-electron chi connectivity index (χ0n) is 12.9. The summed E-state index contributed by atoms with van der Waals surface area (Å²) in [7, 11) is 0. The molecule has 118 valence electrons. The van der Waals surface area contributed by atoms with Gasteiger partial charge in [0, 0.05) is 5.56 Å². The second kappa shape index (κ2) is 5.63. The van der Waals surface area contributed by atoms with Gasteiger partial charge in [-0.15, -0.1) is 6.58 Å². The fourth-order valence-electron chi connectivity index (χ4n) is 2.88. The van der Waals surface area contributed by atoms with Crippen molar-refractivity contribution in [3.8, 4) is 0 Å². The van der Waals surface area contributed by atoms with Gasteiger partial charge >= 0.3 is 0 Å². The number of ether oxygens (including phenoxy) is 3. The van der Waals surface area contributed by atoms with E-state index in [0.717, 1.165) is 5.56 Å². The van der Waals surface area contributed by atoms with E-state index in [2.05, 4.69) is 6.58 Å². The van der Waals surface area contributed by atoms with Crippen molar-refractivity contribution >= 4 is 0 Å². The summed E-state index contributed by atoms with van der Waals surface area (Å²) >= 11 is 0. The van der Waals surface area contributed by atoms with Crippen LogP contribution in [0.4, 0.5) is 0 Å². The van der Waals surface area contributed by atoms with Crippen molar-refractivity contribution in [2.45, 2.75) is 43.5 Å². The molecule has 0 aliphatic carbocycles. The fourth-order valence-corrected chi connectivity index (χ4v) is 2.88. The lowest BCUT2D eigenvalue weighted by Gasteiger charge is -2.45. The summed E-state index contributed by atoms with van der Waals surface area (Å²) in [5.74, 6) is 0. The van der Waals surface area contributed by atoms with Crippen LogP contribution in [0.25, 0.3) is 0 Å². The molecule has 0 aromatic heterocycles. The van der Waals surface area contributed by atoms with Gasteiger partial charge in [-0.25, -0.2) is 0 Å². The van der Waals surface area contributed by atoms with E-state index in [0.29, 0.717) is 6.61 Å². The quantitative estimate of drug-likeness (QED) is 0.853. The van der Waals surface area contributed by atoms with E-state index in [1.165, 1.54) is 0 Å². The third kappa shape index (κ3) is 2.63. The molecule has 0 radical (unpaired) electrons. The maximum absolute atomic E-state index is 10.3. The van der Waals surface area contributed by atoms with Crippen molar-refractivity contribution in [2.75, 3.05) is 6.61 Å². The van der Waals surface area contributed by atoms with Crippen molar-refractivity contribution < 1.29 is 19.3 Å². The summed E-state index contributed by atoms with van der Waals surface area (Å²) in [5.41, 5.74) is -0.580. The first kappa shape index (κ1) is 15.4. The molecule has 2 heterocycles. The second-order valence-electron chi connectivity index (χ2n) is 6.24. The Kier molecular flexibility index (Phi) is 3.95. The van der Waals surface area contributed by atoms with Crippen molar-refractivity contribution in [3.05, 3.63) is 60.7 Å². The van der Waals surface area contributed by atoms with E-state index >= 15 is 0 Å². The van der Waals surface area contributed by atoms with Crippen LogP contribution in [0.3, 0.4) is 0 Å². The Morgan fingerprint density at radius 3 is 2.64 bits per heavy atom. The molecule has 1 saturated heterocycles. The zero-order valence-corrected chi connectivity index (χ0v) is 12.9. The largest absolute Gasteiger partial charge is 0.386 e. The molecule has 1 aromatic carbocycles. The predicted molar refractivity (Wildman–Crippen MR) is 83.2 cm³/mol. The lowest BCUT2D eigenvalue weighted by Crippen LogP contribution is -2.55. The molecule has 2 aliphatic rings. The molecule has 1 N–H and O–H groups in total. The van der Waals surface area contributed by atoms with Crippen LogP contribution < -0.4 is 0 Å². The van der Waals surface area contributed by atoms with Gasteiger partial charge in [-0.1, -0.05) is 48.6 Å². The Bertz CT molecular complexity index is 570. The highest BCUT2D eigenvalue weighted by Gasteiger charge is 2.49. The van der Waals surface area contributed by atoms with Crippen molar-refractivity contribution in [1.82, 2.24) is 0 Å². The zero-order chi connectivity index (χ0) is 15.8. The van der Waals surface area contributed by atoms with Gasteiger partial charge in [0.05, 0.1) is 6.61 Å². The third-order valence-corrected chi connectivity index (χ3v) is 4.38. The van der Waals surface area contributed by atoms with Crippen molar-refractivity contribution in [1.29, 1.82) is 0 Å². The van der Waals surface area contributed by atoms with Gasteiger partial charge in [-0.3, -0.25) is 0 Å². The summed E-state index contributed by atoms with van der Waals surface area (Å²) in [6.07, 6.45) is 3.69. The van der Waals surface area contributed by atoms with Crippen LogP contribution in [0, 0.1) is 0 Å². The Balaban J connectivity index is 1.86. The molecule has 5 atom stereocenters. The van der Waals surface area contributed by atoms with Crippen LogP contribution in [0.15, 0.2) is 55.1 Å². The maximum atomic E-state index is 10.3. The van der Waals surface area contributed by atoms with Crippen LogP contribution in [0.5, 0.6) is 0 Å². The third-order valence-electron chi connectivity index (χ3n) is 4.38. The average molecular weight is 302 g/mol. The summed E-state index contributed by atoms with van der Waals surface area (Å²) in [6.45, 7) is 7.90. The Morgan fingerprint density at radius 2 is 1.95 bits per heavy atom. The number of hydrogen-bond donors (Lipinski definition) is 1. The Hall–Kier alpha value is -1.46. The molecular weight excluding hydrogens is 280 g/mol. The van der Waals surface area contributed by atoms with Crippen molar-refractivity contribution in [3.63, 3.8) is 0 Å². The van der Waals surface area contributed by atoms with E-state index in [4.69, 9.17) is 14.2 Å². The van der Waals surface area contributed by atoms with E-state index in [9.17, 15) is 5.11 Å². The molecule has 4 heteroatoms. The van der Waals surface area contributed by atoms with E-state index in [-0.39, 0.29) is 6.10 Å². The fraction of sp³-hybridized carbons (Fsp3) is 0.444. The number of fused-ring (bicyclic) bond motifs is 1. The number of hydrogen-bond acceptors (Lipinski definition) is 4. The number of rotatable bonds is 2. The molecule has 3 rings (SSSR count). The molecular formula is C18H22O4. The smallest absolute Gasteiger partial charge is 0.184 e. The van der Waals surface area contributed by atoms with Crippen LogP contribution in [0.1, 0.15) is 25.7 Å². The second-order valence-corrected chi connectivity index (χ2v) is 6.24. The first-order chi connectivity index (χ1) is 10.5. The molecule has 1 fully saturated rings. The average Bonchev–Trinajstić information content (AvgIpc) is 2.63. The van der Waals surface area contributed by atoms with Crippen molar-refractivity contribution in [2.24, 2.45) is 0 Å². The van der Waals surface area contributed by atoms with E-state index in [1.807, 2.05) is 50.3 Å². The Labute approximate surface area is 131 Å². The van der Waals surface area contributed by atoms with Gasteiger partial charge in [0.15, 0.2) is 6.29 Å². The topological polar surface area (TPSA) is 47.9 Å². The van der Waals surface area contributed by atoms with Gasteiger partial charge in [0.2, 0.25) is 0 Å². The molecule has 0 bridgehead atoms. The maximum Gasteiger partial charge on any atom is 0.184 e. The highest BCUT2D eigenvalue weighted by Crippen LogP contribution is 2.39. The van der Waals surface area contributed by atoms with Gasteiger partial charge in [0.25, 0.3) is 0 Å². The number of aliphatic hydroxyl groups excluding tert-OH is 1. The molecule has 1 aromatic rings. The molecule has 22 heavy (non-hydrogen) atoms. The SMILES string of the molecule is C=C[C@]1(C)O[C@]2(C)CO[C@@H](c3ccccc3)O[C@H]2C=C[C@H]1O. The standard InChI is InChI=1S/C18H22O4/c1-4-17(2)14(19)10-11-15-18(3,22-17)12-20-16(21-15)13-8-6-5-7-9-13/h4-11,14-16,19H,1,12H2,2-3H3/t14-,15+,16-,17+,18-/m1/s1.